The standard InChI is InChI=1S/C26H35FN4O/c1-29(2)23-11-7-20(8-12-23)25(19-28-26(32)21-5-3-4-6-21)31-17-15-30(16-18-31)24-13-9-22(27)10-14-24/h7-14,21,25H,3-6,15-19H2,1-2H3,(H,28,32)/t25-/m1/s1. The molecule has 0 spiro atoms. The highest BCUT2D eigenvalue weighted by Gasteiger charge is 2.28. The van der Waals surface area contributed by atoms with Crippen molar-refractivity contribution in [2.45, 2.75) is 31.7 Å². The summed E-state index contributed by atoms with van der Waals surface area (Å²) in [7, 11) is 4.09. The number of halogens is 1. The molecule has 0 aromatic heterocycles. The minimum atomic E-state index is -0.202. The van der Waals surface area contributed by atoms with E-state index in [1.165, 1.54) is 36.2 Å². The number of nitrogens with zero attached hydrogens (tertiary/aromatic N) is 3. The van der Waals surface area contributed by atoms with E-state index in [2.05, 4.69) is 44.3 Å². The third-order valence-electron chi connectivity index (χ3n) is 6.94. The number of rotatable bonds is 7. The van der Waals surface area contributed by atoms with Crippen molar-refractivity contribution in [1.29, 1.82) is 0 Å². The van der Waals surface area contributed by atoms with E-state index in [-0.39, 0.29) is 23.7 Å². The fourth-order valence-electron chi connectivity index (χ4n) is 4.93. The average molecular weight is 439 g/mol. The van der Waals surface area contributed by atoms with Gasteiger partial charge in [-0.3, -0.25) is 9.69 Å². The zero-order chi connectivity index (χ0) is 22.5. The quantitative estimate of drug-likeness (QED) is 0.708. The van der Waals surface area contributed by atoms with Crippen molar-refractivity contribution in [2.75, 3.05) is 56.6 Å². The van der Waals surface area contributed by atoms with Crippen molar-refractivity contribution in [1.82, 2.24) is 10.2 Å². The Labute approximate surface area is 191 Å². The fourth-order valence-corrected chi connectivity index (χ4v) is 4.93. The number of anilines is 2. The fraction of sp³-hybridized carbons (Fsp3) is 0.500. The van der Waals surface area contributed by atoms with Gasteiger partial charge in [0.25, 0.3) is 0 Å². The van der Waals surface area contributed by atoms with E-state index in [9.17, 15) is 9.18 Å². The smallest absolute Gasteiger partial charge is 0.223 e. The van der Waals surface area contributed by atoms with E-state index in [4.69, 9.17) is 0 Å². The molecule has 5 nitrogen and oxygen atoms in total. The number of carbonyl (C=O) groups excluding carboxylic acids is 1. The molecule has 0 bridgehead atoms. The molecule has 1 amide bonds. The summed E-state index contributed by atoms with van der Waals surface area (Å²) in [5.74, 6) is 0.191. The lowest BCUT2D eigenvalue weighted by Gasteiger charge is -2.40. The number of hydrogen-bond donors (Lipinski definition) is 1. The van der Waals surface area contributed by atoms with Gasteiger partial charge in [-0.1, -0.05) is 25.0 Å². The first kappa shape index (κ1) is 22.6. The molecular weight excluding hydrogens is 403 g/mol. The molecule has 6 heteroatoms. The number of piperazine rings is 1. The van der Waals surface area contributed by atoms with Crippen LogP contribution in [-0.2, 0) is 4.79 Å². The lowest BCUT2D eigenvalue weighted by molar-refractivity contribution is -0.125. The topological polar surface area (TPSA) is 38.8 Å². The normalized spacial score (nSPS) is 18.5. The molecule has 2 aliphatic rings. The van der Waals surface area contributed by atoms with Crippen LogP contribution in [0.2, 0.25) is 0 Å². The van der Waals surface area contributed by atoms with Crippen molar-refractivity contribution < 1.29 is 9.18 Å². The first-order valence-electron chi connectivity index (χ1n) is 11.8. The Morgan fingerprint density at radius 3 is 2.22 bits per heavy atom. The average Bonchev–Trinajstić information content (AvgIpc) is 3.36. The molecule has 1 aliphatic carbocycles. The van der Waals surface area contributed by atoms with Crippen LogP contribution in [-0.4, -0.2) is 57.6 Å². The summed E-state index contributed by atoms with van der Waals surface area (Å²) in [5, 5.41) is 3.26. The molecule has 1 saturated carbocycles. The van der Waals surface area contributed by atoms with Crippen molar-refractivity contribution in [3.63, 3.8) is 0 Å². The minimum absolute atomic E-state index is 0.145. The van der Waals surface area contributed by atoms with Crippen molar-refractivity contribution >= 4 is 17.3 Å². The summed E-state index contributed by atoms with van der Waals surface area (Å²) >= 11 is 0. The van der Waals surface area contributed by atoms with Gasteiger partial charge in [-0.2, -0.15) is 0 Å². The summed E-state index contributed by atoms with van der Waals surface area (Å²) in [6.45, 7) is 4.20. The third-order valence-corrected chi connectivity index (χ3v) is 6.94. The van der Waals surface area contributed by atoms with Gasteiger partial charge in [-0.05, 0) is 54.8 Å². The van der Waals surface area contributed by atoms with Gasteiger partial charge in [-0.25, -0.2) is 4.39 Å². The number of carbonyl (C=O) groups is 1. The Morgan fingerprint density at radius 2 is 1.62 bits per heavy atom. The second-order valence-electron chi connectivity index (χ2n) is 9.23. The Kier molecular flexibility index (Phi) is 7.30. The Hall–Kier alpha value is -2.60. The van der Waals surface area contributed by atoms with Crippen LogP contribution in [0.4, 0.5) is 15.8 Å². The lowest BCUT2D eigenvalue weighted by atomic mass is 10.0. The van der Waals surface area contributed by atoms with Gasteiger partial charge in [0.1, 0.15) is 5.82 Å². The van der Waals surface area contributed by atoms with Crippen LogP contribution in [0.5, 0.6) is 0 Å². The molecule has 1 atom stereocenters. The molecule has 1 saturated heterocycles. The number of amides is 1. The van der Waals surface area contributed by atoms with Crippen LogP contribution < -0.4 is 15.1 Å². The van der Waals surface area contributed by atoms with Crippen molar-refractivity contribution in [2.24, 2.45) is 5.92 Å². The maximum atomic E-state index is 13.3. The first-order chi connectivity index (χ1) is 15.5. The van der Waals surface area contributed by atoms with Gasteiger partial charge in [0.2, 0.25) is 5.91 Å². The summed E-state index contributed by atoms with van der Waals surface area (Å²) < 4.78 is 13.3. The minimum Gasteiger partial charge on any atom is -0.378 e. The number of nitrogens with one attached hydrogen (secondary N) is 1. The summed E-state index contributed by atoms with van der Waals surface area (Å²) in [6.07, 6.45) is 4.37. The molecule has 1 heterocycles. The second-order valence-corrected chi connectivity index (χ2v) is 9.23. The predicted molar refractivity (Wildman–Crippen MR) is 129 cm³/mol. The SMILES string of the molecule is CN(C)c1ccc([C@@H](CNC(=O)C2CCCC2)N2CCN(c3ccc(F)cc3)CC2)cc1. The predicted octanol–water partition coefficient (Wildman–Crippen LogP) is 4.06. The number of benzene rings is 2. The van der Waals surface area contributed by atoms with E-state index in [1.807, 2.05) is 26.2 Å². The molecule has 172 valence electrons. The summed E-state index contributed by atoms with van der Waals surface area (Å²) in [6, 6.07) is 15.6. The third kappa shape index (κ3) is 5.41. The van der Waals surface area contributed by atoms with E-state index >= 15 is 0 Å². The van der Waals surface area contributed by atoms with Crippen molar-refractivity contribution in [3.05, 3.63) is 59.9 Å². The maximum Gasteiger partial charge on any atom is 0.223 e. The molecule has 0 unspecified atom stereocenters. The highest BCUT2D eigenvalue weighted by atomic mass is 19.1. The van der Waals surface area contributed by atoms with E-state index in [0.717, 1.165) is 44.7 Å². The molecule has 0 radical (unpaired) electrons. The van der Waals surface area contributed by atoms with Gasteiger partial charge >= 0.3 is 0 Å². The maximum absolute atomic E-state index is 13.3. The summed E-state index contributed by atoms with van der Waals surface area (Å²) in [4.78, 5) is 19.6. The Morgan fingerprint density at radius 1 is 1.00 bits per heavy atom. The Balaban J connectivity index is 1.44. The van der Waals surface area contributed by atoms with Crippen LogP contribution in [0.3, 0.4) is 0 Å². The lowest BCUT2D eigenvalue weighted by Crippen LogP contribution is -2.50. The molecular formula is C26H35FN4O. The Bertz CT molecular complexity index is 870. The van der Waals surface area contributed by atoms with Crippen LogP contribution in [0.1, 0.15) is 37.3 Å². The highest BCUT2D eigenvalue weighted by Crippen LogP contribution is 2.28. The second kappa shape index (κ2) is 10.3. The van der Waals surface area contributed by atoms with Gasteiger partial charge in [0.05, 0.1) is 6.04 Å². The molecule has 1 aliphatic heterocycles. The molecule has 32 heavy (non-hydrogen) atoms. The summed E-state index contributed by atoms with van der Waals surface area (Å²) in [5.41, 5.74) is 3.47. The van der Waals surface area contributed by atoms with E-state index in [0.29, 0.717) is 6.54 Å². The van der Waals surface area contributed by atoms with E-state index < -0.39 is 0 Å². The molecule has 1 N–H and O–H groups in total. The van der Waals surface area contributed by atoms with Gasteiger partial charge < -0.3 is 15.1 Å². The van der Waals surface area contributed by atoms with Crippen LogP contribution in [0.25, 0.3) is 0 Å². The van der Waals surface area contributed by atoms with E-state index in [1.54, 1.807) is 0 Å². The molecule has 2 aromatic carbocycles. The van der Waals surface area contributed by atoms with Gasteiger partial charge in [0, 0.05) is 64.1 Å². The monoisotopic (exact) mass is 438 g/mol. The van der Waals surface area contributed by atoms with Gasteiger partial charge in [-0.15, -0.1) is 0 Å². The highest BCUT2D eigenvalue weighted by molar-refractivity contribution is 5.78. The van der Waals surface area contributed by atoms with Crippen LogP contribution in [0, 0.1) is 11.7 Å². The van der Waals surface area contributed by atoms with Crippen LogP contribution in [0.15, 0.2) is 48.5 Å². The van der Waals surface area contributed by atoms with Crippen molar-refractivity contribution in [3.8, 4) is 0 Å². The molecule has 2 aromatic rings. The zero-order valence-corrected chi connectivity index (χ0v) is 19.3. The largest absolute Gasteiger partial charge is 0.378 e. The number of hydrogen-bond acceptors (Lipinski definition) is 4. The molecule has 4 rings (SSSR count). The zero-order valence-electron chi connectivity index (χ0n) is 19.3. The van der Waals surface area contributed by atoms with Crippen LogP contribution >= 0.6 is 0 Å². The van der Waals surface area contributed by atoms with Gasteiger partial charge in [0.15, 0.2) is 0 Å². The first-order valence-corrected chi connectivity index (χ1v) is 11.8. The molecule has 2 fully saturated rings.